The smallest absolute Gasteiger partial charge is 0.337 e. The highest BCUT2D eigenvalue weighted by Gasteiger charge is 2.24. The van der Waals surface area contributed by atoms with Crippen LogP contribution in [0.1, 0.15) is 40.3 Å². The number of fused-ring (bicyclic) bond motifs is 2. The quantitative estimate of drug-likeness (QED) is 0.261. The van der Waals surface area contributed by atoms with Crippen molar-refractivity contribution in [3.63, 3.8) is 0 Å². The van der Waals surface area contributed by atoms with Crippen LogP contribution in [0.3, 0.4) is 0 Å². The second kappa shape index (κ2) is 12.1. The van der Waals surface area contributed by atoms with Crippen molar-refractivity contribution in [1.29, 1.82) is 0 Å². The lowest BCUT2D eigenvalue weighted by Gasteiger charge is -2.29. The summed E-state index contributed by atoms with van der Waals surface area (Å²) < 4.78 is 30.2. The second-order valence-corrected chi connectivity index (χ2v) is 11.0. The van der Waals surface area contributed by atoms with Crippen LogP contribution in [0, 0.1) is 0 Å². The predicted octanol–water partition coefficient (Wildman–Crippen LogP) is 4.65. The van der Waals surface area contributed by atoms with Crippen LogP contribution in [0.15, 0.2) is 60.7 Å². The molecule has 2 aromatic carbocycles. The first-order valence-electron chi connectivity index (χ1n) is 14.7. The fourth-order valence-corrected chi connectivity index (χ4v) is 5.67. The Bertz CT molecular complexity index is 1680. The van der Waals surface area contributed by atoms with Crippen molar-refractivity contribution in [3.05, 3.63) is 83.3 Å². The molecule has 5 heterocycles. The number of hydrogen-bond donors (Lipinski definition) is 0. The lowest BCUT2D eigenvalue weighted by atomic mass is 10.0. The maximum absolute atomic E-state index is 12.2. The van der Waals surface area contributed by atoms with E-state index in [0.717, 1.165) is 72.2 Å². The third kappa shape index (κ3) is 5.93. The van der Waals surface area contributed by atoms with E-state index in [9.17, 15) is 4.79 Å². The average Bonchev–Trinajstić information content (AvgIpc) is 3.37. The summed E-state index contributed by atoms with van der Waals surface area (Å²) in [5, 5.41) is 0. The van der Waals surface area contributed by atoms with Crippen molar-refractivity contribution in [2.75, 3.05) is 40.0 Å². The van der Waals surface area contributed by atoms with Crippen molar-refractivity contribution in [2.24, 2.45) is 0 Å². The Balaban J connectivity index is 1.03. The second-order valence-electron chi connectivity index (χ2n) is 11.0. The number of esters is 1. The number of ether oxygens (including phenoxy) is 5. The van der Waals surface area contributed by atoms with Gasteiger partial charge in [0.15, 0.2) is 11.5 Å². The van der Waals surface area contributed by atoms with Crippen molar-refractivity contribution in [2.45, 2.75) is 38.6 Å². The molecule has 0 bridgehead atoms. The van der Waals surface area contributed by atoms with Gasteiger partial charge in [-0.25, -0.2) is 14.8 Å². The number of aromatic nitrogens is 3. The average molecular weight is 583 g/mol. The SMILES string of the molecule is COC(=O)c1ccc2nc(CN3CC=C(c4cccc(OCc5ccc6c(c5)OCCO6)n4)CC3)n(C[C@@H]3CCO3)c2c1. The van der Waals surface area contributed by atoms with Crippen LogP contribution in [0.4, 0.5) is 0 Å². The highest BCUT2D eigenvalue weighted by molar-refractivity contribution is 5.93. The molecule has 10 heteroatoms. The molecule has 1 fully saturated rings. The molecule has 3 aliphatic heterocycles. The number of rotatable bonds is 9. The molecule has 0 spiro atoms. The first-order valence-corrected chi connectivity index (χ1v) is 14.7. The van der Waals surface area contributed by atoms with Gasteiger partial charge in [0.05, 0.1) is 48.6 Å². The van der Waals surface area contributed by atoms with E-state index in [1.807, 2.05) is 48.5 Å². The zero-order valence-electron chi connectivity index (χ0n) is 24.2. The van der Waals surface area contributed by atoms with Crippen LogP contribution in [-0.4, -0.2) is 71.5 Å². The van der Waals surface area contributed by atoms with Crippen molar-refractivity contribution >= 4 is 22.6 Å². The first-order chi connectivity index (χ1) is 21.1. The standard InChI is InChI=1S/C33H34N4O6/c1-39-33(38)24-6-7-27-28(18-24)37(19-25-11-14-40-25)31(34-27)20-36-12-9-23(10-13-36)26-3-2-4-32(35-26)43-21-22-5-8-29-30(17-22)42-16-15-41-29/h2-9,17-18,25H,10-16,19-21H2,1H3/t25-/m0/s1. The summed E-state index contributed by atoms with van der Waals surface area (Å²) in [6, 6.07) is 17.3. The summed E-state index contributed by atoms with van der Waals surface area (Å²) in [6.45, 7) is 5.40. The van der Waals surface area contributed by atoms with Crippen LogP contribution >= 0.6 is 0 Å². The Kier molecular flexibility index (Phi) is 7.69. The molecule has 2 aromatic heterocycles. The monoisotopic (exact) mass is 582 g/mol. The largest absolute Gasteiger partial charge is 0.486 e. The number of carbonyl (C=O) groups is 1. The van der Waals surface area contributed by atoms with E-state index < -0.39 is 0 Å². The number of pyridine rings is 1. The molecule has 3 aliphatic rings. The number of benzene rings is 2. The van der Waals surface area contributed by atoms with E-state index in [2.05, 4.69) is 15.5 Å². The lowest BCUT2D eigenvalue weighted by molar-refractivity contribution is -0.0591. The number of carbonyl (C=O) groups excluding carboxylic acids is 1. The minimum atomic E-state index is -0.351. The zero-order valence-corrected chi connectivity index (χ0v) is 24.2. The molecular formula is C33H34N4O6. The van der Waals surface area contributed by atoms with Gasteiger partial charge in [-0.1, -0.05) is 18.2 Å². The summed E-state index contributed by atoms with van der Waals surface area (Å²) in [5.74, 6) is 2.73. The van der Waals surface area contributed by atoms with Crippen molar-refractivity contribution in [3.8, 4) is 17.4 Å². The van der Waals surface area contributed by atoms with Crippen molar-refractivity contribution < 1.29 is 28.5 Å². The van der Waals surface area contributed by atoms with Gasteiger partial charge in [0, 0.05) is 25.8 Å². The van der Waals surface area contributed by atoms with Gasteiger partial charge in [0.1, 0.15) is 25.6 Å². The molecule has 10 nitrogen and oxygen atoms in total. The van der Waals surface area contributed by atoms with Gasteiger partial charge in [-0.15, -0.1) is 0 Å². The Morgan fingerprint density at radius 3 is 2.70 bits per heavy atom. The molecule has 0 saturated carbocycles. The summed E-state index contributed by atoms with van der Waals surface area (Å²) in [4.78, 5) is 24.3. The van der Waals surface area contributed by atoms with E-state index in [4.69, 9.17) is 33.7 Å². The van der Waals surface area contributed by atoms with E-state index in [0.29, 0.717) is 44.4 Å². The third-order valence-corrected chi connectivity index (χ3v) is 8.13. The maximum Gasteiger partial charge on any atom is 0.337 e. The van der Waals surface area contributed by atoms with Gasteiger partial charge in [-0.05, 0) is 60.4 Å². The number of imidazole rings is 1. The van der Waals surface area contributed by atoms with Crippen LogP contribution < -0.4 is 14.2 Å². The normalized spacial score (nSPS) is 18.2. The van der Waals surface area contributed by atoms with Crippen LogP contribution in [0.5, 0.6) is 17.4 Å². The molecule has 0 amide bonds. The van der Waals surface area contributed by atoms with Crippen LogP contribution in [0.25, 0.3) is 16.6 Å². The van der Waals surface area contributed by atoms with E-state index >= 15 is 0 Å². The van der Waals surface area contributed by atoms with Gasteiger partial charge in [0.2, 0.25) is 5.88 Å². The van der Waals surface area contributed by atoms with Crippen molar-refractivity contribution in [1.82, 2.24) is 19.4 Å². The number of hydrogen-bond acceptors (Lipinski definition) is 9. The van der Waals surface area contributed by atoms with Gasteiger partial charge in [0.25, 0.3) is 0 Å². The molecule has 0 unspecified atom stereocenters. The molecule has 43 heavy (non-hydrogen) atoms. The number of methoxy groups -OCH3 is 1. The van der Waals surface area contributed by atoms with E-state index in [1.165, 1.54) is 12.7 Å². The fraction of sp³-hybridized carbons (Fsp3) is 0.364. The van der Waals surface area contributed by atoms with Gasteiger partial charge in [-0.3, -0.25) is 4.90 Å². The minimum absolute atomic E-state index is 0.168. The summed E-state index contributed by atoms with van der Waals surface area (Å²) in [7, 11) is 1.40. The van der Waals surface area contributed by atoms with Crippen LogP contribution in [-0.2, 0) is 29.2 Å². The molecule has 1 atom stereocenters. The molecule has 0 N–H and O–H groups in total. The molecule has 7 rings (SSSR count). The van der Waals surface area contributed by atoms with E-state index in [1.54, 1.807) is 6.07 Å². The summed E-state index contributed by atoms with van der Waals surface area (Å²) in [6.07, 6.45) is 4.31. The summed E-state index contributed by atoms with van der Waals surface area (Å²) >= 11 is 0. The van der Waals surface area contributed by atoms with Gasteiger partial charge >= 0.3 is 5.97 Å². The van der Waals surface area contributed by atoms with Gasteiger partial charge in [-0.2, -0.15) is 0 Å². The minimum Gasteiger partial charge on any atom is -0.486 e. The molecule has 4 aromatic rings. The Morgan fingerprint density at radius 2 is 1.91 bits per heavy atom. The first kappa shape index (κ1) is 27.4. The summed E-state index contributed by atoms with van der Waals surface area (Å²) in [5.41, 5.74) is 5.46. The predicted molar refractivity (Wildman–Crippen MR) is 159 cm³/mol. The highest BCUT2D eigenvalue weighted by Crippen LogP contribution is 2.31. The zero-order chi connectivity index (χ0) is 29.2. The lowest BCUT2D eigenvalue weighted by Crippen LogP contribution is -2.33. The fourth-order valence-electron chi connectivity index (χ4n) is 5.67. The Labute approximate surface area is 249 Å². The number of nitrogens with zero attached hydrogens (tertiary/aromatic N) is 4. The topological polar surface area (TPSA) is 97.2 Å². The highest BCUT2D eigenvalue weighted by atomic mass is 16.6. The Hall–Kier alpha value is -4.41. The maximum atomic E-state index is 12.2. The van der Waals surface area contributed by atoms with Gasteiger partial charge < -0.3 is 28.3 Å². The molecule has 1 saturated heterocycles. The Morgan fingerprint density at radius 1 is 1.02 bits per heavy atom. The van der Waals surface area contributed by atoms with Crippen LogP contribution in [0.2, 0.25) is 0 Å². The van der Waals surface area contributed by atoms with E-state index in [-0.39, 0.29) is 12.1 Å². The molecular weight excluding hydrogens is 548 g/mol. The third-order valence-electron chi connectivity index (χ3n) is 8.13. The molecule has 0 radical (unpaired) electrons. The molecule has 222 valence electrons. The molecule has 0 aliphatic carbocycles.